The van der Waals surface area contributed by atoms with Crippen LogP contribution in [0.4, 0.5) is 0 Å². The summed E-state index contributed by atoms with van der Waals surface area (Å²) in [5.74, 6) is -1.27. The van der Waals surface area contributed by atoms with Crippen molar-refractivity contribution in [3.8, 4) is 0 Å². The Labute approximate surface area is 85.2 Å². The van der Waals surface area contributed by atoms with E-state index < -0.39 is 11.9 Å². The molecule has 1 aromatic rings. The third-order valence-corrected chi connectivity index (χ3v) is 3.55. The third-order valence-electron chi connectivity index (χ3n) is 2.43. The van der Waals surface area contributed by atoms with Crippen molar-refractivity contribution >= 4 is 17.3 Å². The quantitative estimate of drug-likeness (QED) is 0.772. The van der Waals surface area contributed by atoms with Gasteiger partial charge in [-0.05, 0) is 19.3 Å². The molecule has 1 atom stereocenters. The minimum absolute atomic E-state index is 0.0932. The fourth-order valence-corrected chi connectivity index (χ4v) is 2.81. The number of carboxylic acid groups (broad SMARTS) is 1. The van der Waals surface area contributed by atoms with E-state index >= 15 is 0 Å². The molecule has 0 spiro atoms. The summed E-state index contributed by atoms with van der Waals surface area (Å²) in [7, 11) is 0. The van der Waals surface area contributed by atoms with E-state index in [9.17, 15) is 4.79 Å². The van der Waals surface area contributed by atoms with E-state index in [1.165, 1.54) is 11.3 Å². The zero-order valence-corrected chi connectivity index (χ0v) is 8.38. The van der Waals surface area contributed by atoms with Gasteiger partial charge in [-0.15, -0.1) is 11.3 Å². The molecule has 2 N–H and O–H groups in total. The zero-order valence-electron chi connectivity index (χ0n) is 7.56. The Kier molecular flexibility index (Phi) is 2.52. The fourth-order valence-electron chi connectivity index (χ4n) is 1.78. The van der Waals surface area contributed by atoms with Crippen molar-refractivity contribution in [2.45, 2.75) is 31.8 Å². The highest BCUT2D eigenvalue weighted by Gasteiger charge is 2.29. The fraction of sp³-hybridized carbons (Fsp3) is 0.556. The Hall–Kier alpha value is -0.940. The second-order valence-corrected chi connectivity index (χ2v) is 4.53. The lowest BCUT2D eigenvalue weighted by Gasteiger charge is -2.16. The molecule has 1 heterocycles. The van der Waals surface area contributed by atoms with Gasteiger partial charge in [-0.2, -0.15) is 0 Å². The number of aliphatic hydroxyl groups excluding tert-OH is 1. The molecule has 0 radical (unpaired) electrons. The number of aryl methyl sites for hydroxylation is 1. The lowest BCUT2D eigenvalue weighted by molar-refractivity contribution is -0.139. The Morgan fingerprint density at radius 3 is 3.07 bits per heavy atom. The number of aliphatic hydroxyl groups is 1. The van der Waals surface area contributed by atoms with Gasteiger partial charge in [0.15, 0.2) is 0 Å². The summed E-state index contributed by atoms with van der Waals surface area (Å²) in [5.41, 5.74) is 0.679. The van der Waals surface area contributed by atoms with Gasteiger partial charge in [0.05, 0.1) is 18.2 Å². The van der Waals surface area contributed by atoms with Crippen molar-refractivity contribution < 1.29 is 15.0 Å². The van der Waals surface area contributed by atoms with Gasteiger partial charge < -0.3 is 10.2 Å². The molecular weight excluding hydrogens is 202 g/mol. The average Bonchev–Trinajstić information content (AvgIpc) is 2.59. The van der Waals surface area contributed by atoms with Crippen LogP contribution in [0.25, 0.3) is 0 Å². The first-order valence-corrected chi connectivity index (χ1v) is 5.36. The van der Waals surface area contributed by atoms with Crippen molar-refractivity contribution in [2.24, 2.45) is 0 Å². The van der Waals surface area contributed by atoms with Crippen molar-refractivity contribution in [2.75, 3.05) is 0 Å². The Morgan fingerprint density at radius 2 is 2.43 bits per heavy atom. The number of carbonyl (C=O) groups is 1. The van der Waals surface area contributed by atoms with E-state index in [1.807, 2.05) is 0 Å². The van der Waals surface area contributed by atoms with Gasteiger partial charge in [-0.25, -0.2) is 4.98 Å². The van der Waals surface area contributed by atoms with Crippen LogP contribution in [0.3, 0.4) is 0 Å². The molecule has 0 fully saturated rings. The number of nitrogens with zero attached hydrogens (tertiary/aromatic N) is 1. The van der Waals surface area contributed by atoms with Gasteiger partial charge in [0.2, 0.25) is 0 Å². The van der Waals surface area contributed by atoms with Crippen LogP contribution in [0, 0.1) is 0 Å². The molecule has 14 heavy (non-hydrogen) atoms. The number of thiazole rings is 1. The average molecular weight is 213 g/mol. The molecule has 5 heteroatoms. The molecule has 0 aliphatic heterocycles. The number of aliphatic carboxylic acids is 1. The Balaban J connectivity index is 2.38. The lowest BCUT2D eigenvalue weighted by Crippen LogP contribution is -2.17. The number of fused-ring (bicyclic) bond motifs is 1. The maximum Gasteiger partial charge on any atom is 0.312 e. The van der Waals surface area contributed by atoms with E-state index in [2.05, 4.69) is 4.98 Å². The zero-order chi connectivity index (χ0) is 10.1. The Bertz CT molecular complexity index is 361. The molecule has 4 nitrogen and oxygen atoms in total. The summed E-state index contributed by atoms with van der Waals surface area (Å²) in [6.07, 6.45) is 2.46. The molecule has 1 aromatic heterocycles. The number of hydrogen-bond acceptors (Lipinski definition) is 4. The van der Waals surface area contributed by atoms with Crippen molar-refractivity contribution in [1.29, 1.82) is 0 Å². The summed E-state index contributed by atoms with van der Waals surface area (Å²) in [6, 6.07) is 0. The van der Waals surface area contributed by atoms with Crippen LogP contribution in [0.15, 0.2) is 0 Å². The molecule has 76 valence electrons. The van der Waals surface area contributed by atoms with Crippen LogP contribution in [0.2, 0.25) is 0 Å². The molecule has 0 amide bonds. The van der Waals surface area contributed by atoms with Gasteiger partial charge in [0.1, 0.15) is 5.01 Å². The molecule has 0 aromatic carbocycles. The Morgan fingerprint density at radius 1 is 1.64 bits per heavy atom. The standard InChI is InChI=1S/C9H11NO3S/c11-4-7-10-8-5(9(12)13)2-1-3-6(8)14-7/h5,11H,1-4H2,(H,12,13). The van der Waals surface area contributed by atoms with Crippen molar-refractivity contribution in [1.82, 2.24) is 4.98 Å². The summed E-state index contributed by atoms with van der Waals surface area (Å²) >= 11 is 1.43. The summed E-state index contributed by atoms with van der Waals surface area (Å²) in [5, 5.41) is 18.5. The van der Waals surface area contributed by atoms with Gasteiger partial charge in [0, 0.05) is 4.88 Å². The normalized spacial score (nSPS) is 20.5. The van der Waals surface area contributed by atoms with Crippen LogP contribution in [0.5, 0.6) is 0 Å². The highest BCUT2D eigenvalue weighted by atomic mass is 32.1. The van der Waals surface area contributed by atoms with Gasteiger partial charge in [-0.3, -0.25) is 4.79 Å². The highest BCUT2D eigenvalue weighted by Crippen LogP contribution is 2.34. The topological polar surface area (TPSA) is 70.4 Å². The van der Waals surface area contributed by atoms with E-state index in [-0.39, 0.29) is 6.61 Å². The highest BCUT2D eigenvalue weighted by molar-refractivity contribution is 7.11. The molecule has 2 rings (SSSR count). The minimum atomic E-state index is -0.805. The maximum absolute atomic E-state index is 10.9. The smallest absolute Gasteiger partial charge is 0.312 e. The molecular formula is C9H11NO3S. The number of hydrogen-bond donors (Lipinski definition) is 2. The van der Waals surface area contributed by atoms with Gasteiger partial charge in [0.25, 0.3) is 0 Å². The van der Waals surface area contributed by atoms with E-state index in [0.717, 1.165) is 17.7 Å². The summed E-state index contributed by atoms with van der Waals surface area (Å²) in [4.78, 5) is 16.1. The summed E-state index contributed by atoms with van der Waals surface area (Å²) in [6.45, 7) is -0.0932. The molecule has 0 saturated carbocycles. The van der Waals surface area contributed by atoms with Crippen LogP contribution in [-0.2, 0) is 17.8 Å². The van der Waals surface area contributed by atoms with E-state index in [4.69, 9.17) is 10.2 Å². The number of aromatic nitrogens is 1. The molecule has 0 saturated heterocycles. The predicted molar refractivity (Wildman–Crippen MR) is 51.4 cm³/mol. The number of rotatable bonds is 2. The van der Waals surface area contributed by atoms with Gasteiger partial charge >= 0.3 is 5.97 Å². The molecule has 1 unspecified atom stereocenters. The molecule has 1 aliphatic carbocycles. The van der Waals surface area contributed by atoms with Crippen LogP contribution in [0.1, 0.15) is 34.3 Å². The predicted octanol–water partition coefficient (Wildman–Crippen LogP) is 1.14. The van der Waals surface area contributed by atoms with Crippen LogP contribution in [-0.4, -0.2) is 21.2 Å². The van der Waals surface area contributed by atoms with Crippen LogP contribution < -0.4 is 0 Å². The van der Waals surface area contributed by atoms with E-state index in [1.54, 1.807) is 0 Å². The molecule has 1 aliphatic rings. The first kappa shape index (κ1) is 9.61. The van der Waals surface area contributed by atoms with Crippen molar-refractivity contribution in [3.05, 3.63) is 15.6 Å². The largest absolute Gasteiger partial charge is 0.481 e. The van der Waals surface area contributed by atoms with Crippen LogP contribution >= 0.6 is 11.3 Å². The first-order chi connectivity index (χ1) is 6.72. The minimum Gasteiger partial charge on any atom is -0.481 e. The first-order valence-electron chi connectivity index (χ1n) is 4.54. The maximum atomic E-state index is 10.9. The third kappa shape index (κ3) is 1.53. The van der Waals surface area contributed by atoms with Gasteiger partial charge in [-0.1, -0.05) is 0 Å². The second kappa shape index (κ2) is 3.67. The SMILES string of the molecule is O=C(O)C1CCCc2sc(CO)nc21. The monoisotopic (exact) mass is 213 g/mol. The second-order valence-electron chi connectivity index (χ2n) is 3.36. The van der Waals surface area contributed by atoms with E-state index in [0.29, 0.717) is 17.1 Å². The lowest BCUT2D eigenvalue weighted by atomic mass is 9.91. The molecule has 0 bridgehead atoms. The number of carboxylic acids is 1. The summed E-state index contributed by atoms with van der Waals surface area (Å²) < 4.78 is 0. The van der Waals surface area contributed by atoms with Crippen molar-refractivity contribution in [3.63, 3.8) is 0 Å².